The van der Waals surface area contributed by atoms with Gasteiger partial charge in [0, 0.05) is 18.7 Å². The van der Waals surface area contributed by atoms with Crippen LogP contribution in [0.5, 0.6) is 0 Å². The first-order valence-electron chi connectivity index (χ1n) is 6.20. The fourth-order valence-corrected chi connectivity index (χ4v) is 2.61. The smallest absolute Gasteiger partial charge is 0.112 e. The summed E-state index contributed by atoms with van der Waals surface area (Å²) >= 11 is 0. The Hall–Kier alpha value is -1.72. The van der Waals surface area contributed by atoms with Crippen LogP contribution in [-0.4, -0.2) is 39.6 Å². The average Bonchev–Trinajstić information content (AvgIpc) is 2.94. The van der Waals surface area contributed by atoms with E-state index in [9.17, 15) is 0 Å². The van der Waals surface area contributed by atoms with Gasteiger partial charge in [0.25, 0.3) is 0 Å². The number of H-pyrrole nitrogens is 1. The number of nitrogens with one attached hydrogen (secondary N) is 1. The maximum absolute atomic E-state index is 5.26. The second kappa shape index (κ2) is 3.90. The van der Waals surface area contributed by atoms with E-state index >= 15 is 0 Å². The lowest BCUT2D eigenvalue weighted by molar-refractivity contribution is -0.0669. The molecule has 2 aliphatic heterocycles. The molecule has 18 heavy (non-hydrogen) atoms. The summed E-state index contributed by atoms with van der Waals surface area (Å²) in [5.41, 5.74) is 4.87. The van der Waals surface area contributed by atoms with Crippen LogP contribution in [0.2, 0.25) is 0 Å². The SMILES string of the molecule is c1cc2c(cc1-c1cn[nH]n1)CN(C1COC1)C2. The Morgan fingerprint density at radius 2 is 2.11 bits per heavy atom. The van der Waals surface area contributed by atoms with Crippen molar-refractivity contribution in [3.8, 4) is 11.3 Å². The molecule has 1 N–H and O–H groups in total. The summed E-state index contributed by atoms with van der Waals surface area (Å²) in [5, 5.41) is 10.6. The Morgan fingerprint density at radius 3 is 2.83 bits per heavy atom. The molecule has 0 aliphatic carbocycles. The number of ether oxygens (including phenoxy) is 1. The lowest BCUT2D eigenvalue weighted by Crippen LogP contribution is -2.46. The van der Waals surface area contributed by atoms with E-state index < -0.39 is 0 Å². The molecule has 0 radical (unpaired) electrons. The van der Waals surface area contributed by atoms with Crippen LogP contribution in [-0.2, 0) is 17.8 Å². The van der Waals surface area contributed by atoms with Crippen molar-refractivity contribution in [1.29, 1.82) is 0 Å². The van der Waals surface area contributed by atoms with Crippen LogP contribution in [0.25, 0.3) is 11.3 Å². The molecule has 2 aliphatic rings. The first-order chi connectivity index (χ1) is 8.90. The molecule has 5 nitrogen and oxygen atoms in total. The van der Waals surface area contributed by atoms with Crippen molar-refractivity contribution < 1.29 is 4.74 Å². The fourth-order valence-electron chi connectivity index (χ4n) is 2.61. The van der Waals surface area contributed by atoms with Gasteiger partial charge in [0.2, 0.25) is 0 Å². The molecule has 4 rings (SSSR count). The van der Waals surface area contributed by atoms with Crippen molar-refractivity contribution >= 4 is 0 Å². The second-order valence-electron chi connectivity index (χ2n) is 4.93. The number of hydrogen-bond donors (Lipinski definition) is 1. The van der Waals surface area contributed by atoms with Crippen molar-refractivity contribution in [3.05, 3.63) is 35.5 Å². The maximum atomic E-state index is 5.26. The molecule has 1 aromatic heterocycles. The van der Waals surface area contributed by atoms with Gasteiger partial charge in [-0.3, -0.25) is 4.90 Å². The number of nitrogens with zero attached hydrogens (tertiary/aromatic N) is 3. The topological polar surface area (TPSA) is 54.0 Å². The highest BCUT2D eigenvalue weighted by atomic mass is 16.5. The van der Waals surface area contributed by atoms with Crippen LogP contribution < -0.4 is 0 Å². The number of aromatic amines is 1. The third-order valence-electron chi connectivity index (χ3n) is 3.80. The lowest BCUT2D eigenvalue weighted by atomic mass is 10.1. The van der Waals surface area contributed by atoms with Crippen LogP contribution in [0, 0.1) is 0 Å². The van der Waals surface area contributed by atoms with Crippen molar-refractivity contribution in [2.24, 2.45) is 0 Å². The molecule has 0 bridgehead atoms. The van der Waals surface area contributed by atoms with Crippen molar-refractivity contribution in [2.75, 3.05) is 13.2 Å². The molecule has 1 saturated heterocycles. The third-order valence-corrected chi connectivity index (χ3v) is 3.80. The average molecular weight is 242 g/mol. The van der Waals surface area contributed by atoms with E-state index in [0.717, 1.165) is 37.6 Å². The van der Waals surface area contributed by atoms with Gasteiger partial charge in [-0.1, -0.05) is 12.1 Å². The second-order valence-corrected chi connectivity index (χ2v) is 4.93. The van der Waals surface area contributed by atoms with E-state index in [0.29, 0.717) is 6.04 Å². The number of aromatic nitrogens is 3. The molecule has 1 fully saturated rings. The quantitative estimate of drug-likeness (QED) is 0.859. The zero-order valence-corrected chi connectivity index (χ0v) is 9.97. The van der Waals surface area contributed by atoms with Gasteiger partial charge in [0.1, 0.15) is 5.69 Å². The van der Waals surface area contributed by atoms with Crippen LogP contribution in [0.4, 0.5) is 0 Å². The van der Waals surface area contributed by atoms with E-state index in [1.165, 1.54) is 11.1 Å². The van der Waals surface area contributed by atoms with Crippen molar-refractivity contribution in [2.45, 2.75) is 19.1 Å². The molecule has 0 spiro atoms. The highest BCUT2D eigenvalue weighted by Crippen LogP contribution is 2.29. The van der Waals surface area contributed by atoms with E-state index in [-0.39, 0.29) is 0 Å². The monoisotopic (exact) mass is 242 g/mol. The Bertz CT molecular complexity index is 562. The van der Waals surface area contributed by atoms with Gasteiger partial charge >= 0.3 is 0 Å². The van der Waals surface area contributed by atoms with E-state index in [4.69, 9.17) is 4.74 Å². The zero-order valence-electron chi connectivity index (χ0n) is 9.97. The minimum absolute atomic E-state index is 0.605. The van der Waals surface area contributed by atoms with Gasteiger partial charge in [-0.15, -0.1) is 0 Å². The predicted octanol–water partition coefficient (Wildman–Crippen LogP) is 1.19. The van der Waals surface area contributed by atoms with Gasteiger partial charge in [-0.05, 0) is 17.2 Å². The first kappa shape index (κ1) is 10.2. The first-order valence-corrected chi connectivity index (χ1v) is 6.20. The Morgan fingerprint density at radius 1 is 1.22 bits per heavy atom. The van der Waals surface area contributed by atoms with E-state index in [1.807, 2.05) is 0 Å². The summed E-state index contributed by atoms with van der Waals surface area (Å²) in [5.74, 6) is 0. The van der Waals surface area contributed by atoms with Gasteiger partial charge in [-0.25, -0.2) is 0 Å². The van der Waals surface area contributed by atoms with Gasteiger partial charge in [-0.2, -0.15) is 15.4 Å². The molecular weight excluding hydrogens is 228 g/mol. The maximum Gasteiger partial charge on any atom is 0.112 e. The van der Waals surface area contributed by atoms with Crippen LogP contribution in [0.15, 0.2) is 24.4 Å². The molecule has 2 aromatic rings. The molecule has 0 saturated carbocycles. The highest BCUT2D eigenvalue weighted by molar-refractivity contribution is 5.60. The van der Waals surface area contributed by atoms with Crippen LogP contribution >= 0.6 is 0 Å². The fraction of sp³-hybridized carbons (Fsp3) is 0.385. The minimum Gasteiger partial charge on any atom is -0.378 e. The van der Waals surface area contributed by atoms with Crippen molar-refractivity contribution in [1.82, 2.24) is 20.3 Å². The van der Waals surface area contributed by atoms with Gasteiger partial charge in [0.15, 0.2) is 0 Å². The zero-order chi connectivity index (χ0) is 11.9. The highest BCUT2D eigenvalue weighted by Gasteiger charge is 2.30. The summed E-state index contributed by atoms with van der Waals surface area (Å²) in [6.45, 7) is 3.83. The summed E-state index contributed by atoms with van der Waals surface area (Å²) in [7, 11) is 0. The molecule has 0 unspecified atom stereocenters. The van der Waals surface area contributed by atoms with Gasteiger partial charge < -0.3 is 4.74 Å². The standard InChI is InChI=1S/C13H14N4O/c1-2-10-5-17(12-7-18-8-12)6-11(10)3-9(1)13-4-14-16-15-13/h1-4,12H,5-8H2,(H,14,15,16). The molecule has 0 amide bonds. The Labute approximate surface area is 105 Å². The predicted molar refractivity (Wildman–Crippen MR) is 65.7 cm³/mol. The number of hydrogen-bond acceptors (Lipinski definition) is 4. The minimum atomic E-state index is 0.605. The number of rotatable bonds is 2. The van der Waals surface area contributed by atoms with Crippen molar-refractivity contribution in [3.63, 3.8) is 0 Å². The molecular formula is C13H14N4O. The summed E-state index contributed by atoms with van der Waals surface area (Å²) in [4.78, 5) is 2.49. The molecule has 1 aromatic carbocycles. The third kappa shape index (κ3) is 1.55. The Balaban J connectivity index is 1.62. The largest absolute Gasteiger partial charge is 0.378 e. The van der Waals surface area contributed by atoms with Gasteiger partial charge in [0.05, 0.1) is 25.5 Å². The summed E-state index contributed by atoms with van der Waals surface area (Å²) in [6.07, 6.45) is 1.76. The van der Waals surface area contributed by atoms with Crippen LogP contribution in [0.3, 0.4) is 0 Å². The number of fused-ring (bicyclic) bond motifs is 1. The normalized spacial score (nSPS) is 19.8. The number of benzene rings is 1. The molecule has 5 heteroatoms. The molecule has 3 heterocycles. The molecule has 0 atom stereocenters. The summed E-state index contributed by atoms with van der Waals surface area (Å²) in [6, 6.07) is 7.16. The summed E-state index contributed by atoms with van der Waals surface area (Å²) < 4.78 is 5.26. The van der Waals surface area contributed by atoms with E-state index in [1.54, 1.807) is 6.20 Å². The van der Waals surface area contributed by atoms with E-state index in [2.05, 4.69) is 38.5 Å². The van der Waals surface area contributed by atoms with Crippen LogP contribution in [0.1, 0.15) is 11.1 Å². The Kier molecular flexibility index (Phi) is 2.21. The lowest BCUT2D eigenvalue weighted by Gasteiger charge is -2.34. The molecule has 92 valence electrons.